The van der Waals surface area contributed by atoms with Crippen molar-refractivity contribution in [1.82, 2.24) is 0 Å². The third kappa shape index (κ3) is 3.40. The van der Waals surface area contributed by atoms with Gasteiger partial charge in [-0.05, 0) is 13.3 Å². The fourth-order valence-corrected chi connectivity index (χ4v) is 2.01. The molecule has 0 spiro atoms. The van der Waals surface area contributed by atoms with Gasteiger partial charge in [-0.3, -0.25) is 4.79 Å². The second kappa shape index (κ2) is 4.67. The van der Waals surface area contributed by atoms with E-state index < -0.39 is 20.3 Å². The van der Waals surface area contributed by atoms with E-state index in [9.17, 15) is 13.2 Å². The zero-order valence-electron chi connectivity index (χ0n) is 6.91. The van der Waals surface area contributed by atoms with E-state index >= 15 is 0 Å². The Kier molecular flexibility index (Phi) is 4.55. The van der Waals surface area contributed by atoms with Crippen LogP contribution in [0.15, 0.2) is 0 Å². The minimum absolute atomic E-state index is 0.130. The quantitative estimate of drug-likeness (QED) is 0.515. The average Bonchev–Trinajstić information content (AvgIpc) is 1.85. The summed E-state index contributed by atoms with van der Waals surface area (Å²) in [6.45, 7) is 3.31. The first-order valence-corrected chi connectivity index (χ1v) is 5.90. The summed E-state index contributed by atoms with van der Waals surface area (Å²) in [7, 11) is 1.16. The van der Waals surface area contributed by atoms with Crippen LogP contribution in [0.25, 0.3) is 0 Å². The monoisotopic (exact) mass is 214 g/mol. The van der Waals surface area contributed by atoms with E-state index in [1.165, 1.54) is 0 Å². The van der Waals surface area contributed by atoms with Crippen LogP contribution in [0.5, 0.6) is 0 Å². The summed E-state index contributed by atoms with van der Waals surface area (Å²) in [6, 6.07) is 0. The number of hydrogen-bond donors (Lipinski definition) is 0. The van der Waals surface area contributed by atoms with E-state index in [1.807, 2.05) is 0 Å². The lowest BCUT2D eigenvalue weighted by Gasteiger charge is -2.08. The summed E-state index contributed by atoms with van der Waals surface area (Å²) in [5.41, 5.74) is 0. The molecule has 6 heteroatoms. The van der Waals surface area contributed by atoms with Gasteiger partial charge in [-0.1, -0.05) is 6.92 Å². The molecule has 1 atom stereocenters. The van der Waals surface area contributed by atoms with E-state index in [2.05, 4.69) is 4.74 Å². The van der Waals surface area contributed by atoms with Gasteiger partial charge >= 0.3 is 5.97 Å². The first-order chi connectivity index (χ1) is 5.43. The highest BCUT2D eigenvalue weighted by Gasteiger charge is 2.30. The SMILES string of the molecule is CCOC(=O)[C@H](CC)S(=O)(=O)Cl. The third-order valence-corrected chi connectivity index (χ3v) is 3.11. The van der Waals surface area contributed by atoms with Crippen LogP contribution in [0.4, 0.5) is 0 Å². The molecule has 0 heterocycles. The van der Waals surface area contributed by atoms with Gasteiger partial charge in [0.2, 0.25) is 9.05 Å². The maximum atomic E-state index is 10.9. The van der Waals surface area contributed by atoms with Gasteiger partial charge in [0, 0.05) is 10.7 Å². The van der Waals surface area contributed by atoms with E-state index in [0.29, 0.717) is 0 Å². The summed E-state index contributed by atoms with van der Waals surface area (Å²) < 4.78 is 26.0. The van der Waals surface area contributed by atoms with Crippen LogP contribution in [0.3, 0.4) is 0 Å². The Labute approximate surface area is 76.3 Å². The van der Waals surface area contributed by atoms with Gasteiger partial charge < -0.3 is 4.74 Å². The summed E-state index contributed by atoms with van der Waals surface area (Å²) in [4.78, 5) is 10.9. The second-order valence-electron chi connectivity index (χ2n) is 2.12. The summed E-state index contributed by atoms with van der Waals surface area (Å²) in [5, 5.41) is -1.24. The van der Waals surface area contributed by atoms with Crippen LogP contribution < -0.4 is 0 Å². The Morgan fingerprint density at radius 3 is 2.25 bits per heavy atom. The van der Waals surface area contributed by atoms with Crippen molar-refractivity contribution in [3.8, 4) is 0 Å². The van der Waals surface area contributed by atoms with Gasteiger partial charge in [-0.15, -0.1) is 0 Å². The van der Waals surface area contributed by atoms with Gasteiger partial charge in [0.1, 0.15) is 0 Å². The molecule has 0 aromatic carbocycles. The fourth-order valence-electron chi connectivity index (χ4n) is 0.716. The van der Waals surface area contributed by atoms with Gasteiger partial charge in [0.25, 0.3) is 0 Å². The molecule has 12 heavy (non-hydrogen) atoms. The molecule has 0 radical (unpaired) electrons. The van der Waals surface area contributed by atoms with Crippen LogP contribution in [-0.4, -0.2) is 26.2 Å². The van der Waals surface area contributed by atoms with Crippen molar-refractivity contribution in [2.75, 3.05) is 6.61 Å². The van der Waals surface area contributed by atoms with Crippen LogP contribution >= 0.6 is 10.7 Å². The smallest absolute Gasteiger partial charge is 0.325 e. The normalized spacial score (nSPS) is 13.9. The molecule has 0 aromatic rings. The molecule has 0 unspecified atom stereocenters. The number of halogens is 1. The first-order valence-electron chi connectivity index (χ1n) is 3.53. The zero-order chi connectivity index (χ0) is 9.78. The highest BCUT2D eigenvalue weighted by Crippen LogP contribution is 2.12. The van der Waals surface area contributed by atoms with Gasteiger partial charge in [0.05, 0.1) is 6.61 Å². The van der Waals surface area contributed by atoms with Crippen molar-refractivity contribution in [2.45, 2.75) is 25.5 Å². The lowest BCUT2D eigenvalue weighted by molar-refractivity contribution is -0.142. The molecule has 72 valence electrons. The fraction of sp³-hybridized carbons (Fsp3) is 0.833. The van der Waals surface area contributed by atoms with Crippen molar-refractivity contribution < 1.29 is 17.9 Å². The van der Waals surface area contributed by atoms with E-state index in [1.54, 1.807) is 13.8 Å². The Bertz CT molecular complexity index is 246. The molecular formula is C6H11ClO4S. The molecule has 0 saturated heterocycles. The second-order valence-corrected chi connectivity index (χ2v) is 4.94. The molecule has 0 N–H and O–H groups in total. The molecule has 0 fully saturated rings. The van der Waals surface area contributed by atoms with E-state index in [4.69, 9.17) is 10.7 Å². The number of hydrogen-bond acceptors (Lipinski definition) is 4. The molecule has 0 saturated carbocycles. The first kappa shape index (κ1) is 11.7. The number of carbonyl (C=O) groups excluding carboxylic acids is 1. The number of carbonyl (C=O) groups is 1. The summed E-state index contributed by atoms with van der Waals surface area (Å²) in [6.07, 6.45) is 0.130. The highest BCUT2D eigenvalue weighted by molar-refractivity contribution is 8.14. The Morgan fingerprint density at radius 1 is 1.50 bits per heavy atom. The average molecular weight is 215 g/mol. The molecule has 0 bridgehead atoms. The Morgan fingerprint density at radius 2 is 2.00 bits per heavy atom. The molecular weight excluding hydrogens is 204 g/mol. The van der Waals surface area contributed by atoms with Crippen LogP contribution in [0, 0.1) is 0 Å². The van der Waals surface area contributed by atoms with Crippen molar-refractivity contribution in [3.05, 3.63) is 0 Å². The van der Waals surface area contributed by atoms with E-state index in [0.717, 1.165) is 0 Å². The van der Waals surface area contributed by atoms with Crippen molar-refractivity contribution in [1.29, 1.82) is 0 Å². The summed E-state index contributed by atoms with van der Waals surface area (Å²) in [5.74, 6) is -0.782. The van der Waals surface area contributed by atoms with Crippen LogP contribution in [-0.2, 0) is 18.6 Å². The molecule has 0 rings (SSSR count). The zero-order valence-corrected chi connectivity index (χ0v) is 8.48. The molecule has 0 aliphatic carbocycles. The van der Waals surface area contributed by atoms with Crippen LogP contribution in [0.2, 0.25) is 0 Å². The topological polar surface area (TPSA) is 60.4 Å². The summed E-state index contributed by atoms with van der Waals surface area (Å²) >= 11 is 0. The number of rotatable bonds is 4. The number of ether oxygens (including phenoxy) is 1. The Balaban J connectivity index is 4.47. The highest BCUT2D eigenvalue weighted by atomic mass is 35.7. The standard InChI is InChI=1S/C6H11ClO4S/c1-3-5(12(7,9)10)6(8)11-4-2/h5H,3-4H2,1-2H3/t5-/m0/s1. The van der Waals surface area contributed by atoms with Crippen molar-refractivity contribution in [2.24, 2.45) is 0 Å². The molecule has 4 nitrogen and oxygen atoms in total. The van der Waals surface area contributed by atoms with Crippen LogP contribution in [0.1, 0.15) is 20.3 Å². The third-order valence-electron chi connectivity index (χ3n) is 1.26. The minimum Gasteiger partial charge on any atom is -0.465 e. The lowest BCUT2D eigenvalue weighted by atomic mass is 10.3. The molecule has 0 amide bonds. The Hall–Kier alpha value is -0.290. The lowest BCUT2D eigenvalue weighted by Crippen LogP contribution is -2.28. The van der Waals surface area contributed by atoms with Crippen molar-refractivity contribution in [3.63, 3.8) is 0 Å². The predicted octanol–water partition coefficient (Wildman–Crippen LogP) is 0.897. The van der Waals surface area contributed by atoms with E-state index in [-0.39, 0.29) is 13.0 Å². The van der Waals surface area contributed by atoms with Gasteiger partial charge in [-0.25, -0.2) is 8.42 Å². The maximum absolute atomic E-state index is 10.9. The molecule has 0 aliphatic rings. The van der Waals surface area contributed by atoms with Gasteiger partial charge in [0.15, 0.2) is 5.25 Å². The largest absolute Gasteiger partial charge is 0.465 e. The predicted molar refractivity (Wildman–Crippen MR) is 45.5 cm³/mol. The molecule has 0 aromatic heterocycles. The van der Waals surface area contributed by atoms with Crippen molar-refractivity contribution >= 4 is 25.7 Å². The minimum atomic E-state index is -3.84. The number of esters is 1. The van der Waals surface area contributed by atoms with Gasteiger partial charge in [-0.2, -0.15) is 0 Å². The maximum Gasteiger partial charge on any atom is 0.325 e. The molecule has 0 aliphatic heterocycles.